The number of hydrogen-bond donors (Lipinski definition) is 0. The van der Waals surface area contributed by atoms with Crippen molar-refractivity contribution in [1.82, 2.24) is 4.90 Å². The zero-order valence-corrected chi connectivity index (χ0v) is 20.6. The van der Waals surface area contributed by atoms with Crippen LogP contribution in [-0.2, 0) is 11.3 Å². The van der Waals surface area contributed by atoms with Crippen LogP contribution in [0.1, 0.15) is 49.9 Å². The molecule has 0 aromatic heterocycles. The molecule has 0 N–H and O–H groups in total. The number of anilines is 1. The molecule has 0 bridgehead atoms. The molecule has 36 heavy (non-hydrogen) atoms. The largest absolute Gasteiger partial charge is 0.271 e. The van der Waals surface area contributed by atoms with Crippen molar-refractivity contribution in [1.29, 1.82) is 0 Å². The number of carbonyl (C=O) groups is 3. The molecular weight excluding hydrogens is 452 g/mol. The van der Waals surface area contributed by atoms with E-state index in [1.54, 1.807) is 30.5 Å². The topological polar surface area (TPSA) is 82.4 Å². The number of benzene rings is 3. The number of imide groups is 1. The Bertz CT molecular complexity index is 1450. The number of hydrogen-bond acceptors (Lipinski definition) is 5. The summed E-state index contributed by atoms with van der Waals surface area (Å²) in [6.07, 6.45) is 1.61. The van der Waals surface area contributed by atoms with Crippen LogP contribution in [0.15, 0.2) is 70.8 Å². The van der Waals surface area contributed by atoms with Crippen molar-refractivity contribution in [2.24, 2.45) is 16.0 Å². The maximum Gasteiger partial charge on any atom is 0.261 e. The molecule has 2 aliphatic heterocycles. The molecule has 0 aliphatic carbocycles. The molecule has 2 heterocycles. The molecule has 0 saturated carbocycles. The molecule has 7 nitrogen and oxygen atoms in total. The van der Waals surface area contributed by atoms with Crippen LogP contribution in [0.25, 0.3) is 0 Å². The van der Waals surface area contributed by atoms with E-state index in [1.165, 1.54) is 9.91 Å². The van der Waals surface area contributed by atoms with Crippen LogP contribution in [0.5, 0.6) is 0 Å². The van der Waals surface area contributed by atoms with Gasteiger partial charge in [0.15, 0.2) is 0 Å². The zero-order chi connectivity index (χ0) is 25.6. The third kappa shape index (κ3) is 4.02. The molecule has 0 radical (unpaired) electrons. The summed E-state index contributed by atoms with van der Waals surface area (Å²) in [5, 5.41) is 5.94. The van der Waals surface area contributed by atoms with Crippen LogP contribution in [0.4, 0.5) is 11.4 Å². The van der Waals surface area contributed by atoms with Crippen molar-refractivity contribution in [3.8, 4) is 0 Å². The molecule has 0 fully saturated rings. The molecule has 7 heteroatoms. The van der Waals surface area contributed by atoms with Gasteiger partial charge in [-0.15, -0.1) is 0 Å². The first kappa shape index (κ1) is 23.4. The molecule has 1 atom stereocenters. The number of aryl methyl sites for hydroxylation is 3. The fraction of sp³-hybridized carbons (Fsp3) is 0.207. The second-order valence-electron chi connectivity index (χ2n) is 9.29. The van der Waals surface area contributed by atoms with E-state index in [1.807, 2.05) is 64.1 Å². The van der Waals surface area contributed by atoms with E-state index >= 15 is 0 Å². The minimum atomic E-state index is -0.563. The van der Waals surface area contributed by atoms with Crippen molar-refractivity contribution < 1.29 is 14.4 Å². The Morgan fingerprint density at radius 2 is 1.56 bits per heavy atom. The van der Waals surface area contributed by atoms with E-state index < -0.39 is 5.92 Å². The first-order valence-electron chi connectivity index (χ1n) is 11.8. The Hall–Kier alpha value is -4.39. The smallest absolute Gasteiger partial charge is 0.261 e. The summed E-state index contributed by atoms with van der Waals surface area (Å²) in [6, 6.07) is 18.4. The van der Waals surface area contributed by atoms with Crippen molar-refractivity contribution in [3.63, 3.8) is 0 Å². The van der Waals surface area contributed by atoms with Crippen molar-refractivity contribution in [2.45, 2.75) is 34.2 Å². The maximum atomic E-state index is 13.1. The van der Waals surface area contributed by atoms with Gasteiger partial charge >= 0.3 is 0 Å². The maximum absolute atomic E-state index is 13.1. The second-order valence-corrected chi connectivity index (χ2v) is 9.29. The van der Waals surface area contributed by atoms with Gasteiger partial charge in [-0.1, -0.05) is 35.9 Å². The predicted octanol–water partition coefficient (Wildman–Crippen LogP) is 5.15. The summed E-state index contributed by atoms with van der Waals surface area (Å²) >= 11 is 0. The molecule has 5 rings (SSSR count). The molecule has 3 aromatic carbocycles. The summed E-state index contributed by atoms with van der Waals surface area (Å²) < 4.78 is 0. The quantitative estimate of drug-likeness (QED) is 0.376. The third-order valence-electron chi connectivity index (χ3n) is 6.68. The molecule has 3 amide bonds. The van der Waals surface area contributed by atoms with Crippen molar-refractivity contribution >= 4 is 41.0 Å². The highest BCUT2D eigenvalue weighted by Gasteiger charge is 2.36. The Morgan fingerprint density at radius 3 is 2.22 bits per heavy atom. The molecule has 0 spiro atoms. The van der Waals surface area contributed by atoms with E-state index in [4.69, 9.17) is 0 Å². The first-order chi connectivity index (χ1) is 17.2. The van der Waals surface area contributed by atoms with Crippen LogP contribution in [0, 0.1) is 26.7 Å². The monoisotopic (exact) mass is 478 g/mol. The van der Waals surface area contributed by atoms with Crippen LogP contribution in [0.3, 0.4) is 0 Å². The number of fused-ring (bicyclic) bond motifs is 1. The summed E-state index contributed by atoms with van der Waals surface area (Å²) in [5.41, 5.74) is 6.79. The Labute approximate surface area is 209 Å². The SMILES string of the molecule is CC1=NN(c2ccc(C)cc2C)C(=O)C1C=Nc1ccc(C)c(CN2C(=O)c3ccccc3C2=O)c1. The lowest BCUT2D eigenvalue weighted by Gasteiger charge is -2.16. The average molecular weight is 479 g/mol. The van der Waals surface area contributed by atoms with Gasteiger partial charge in [-0.3, -0.25) is 24.3 Å². The van der Waals surface area contributed by atoms with Gasteiger partial charge in [0.2, 0.25) is 0 Å². The van der Waals surface area contributed by atoms with Crippen LogP contribution >= 0.6 is 0 Å². The lowest BCUT2D eigenvalue weighted by atomic mass is 10.0. The summed E-state index contributed by atoms with van der Waals surface area (Å²) in [6.45, 7) is 7.88. The zero-order valence-electron chi connectivity index (χ0n) is 20.6. The number of nitrogens with zero attached hydrogens (tertiary/aromatic N) is 4. The Kier molecular flexibility index (Phi) is 5.84. The molecule has 180 valence electrons. The Morgan fingerprint density at radius 1 is 0.861 bits per heavy atom. The van der Waals surface area contributed by atoms with E-state index in [2.05, 4.69) is 10.1 Å². The molecule has 1 unspecified atom stereocenters. The number of rotatable bonds is 5. The van der Waals surface area contributed by atoms with Gasteiger partial charge in [-0.25, -0.2) is 0 Å². The minimum Gasteiger partial charge on any atom is -0.271 e. The lowest BCUT2D eigenvalue weighted by Crippen LogP contribution is -2.29. The van der Waals surface area contributed by atoms with Gasteiger partial charge in [0.05, 0.1) is 34.8 Å². The molecular formula is C29H26N4O3. The van der Waals surface area contributed by atoms with Gasteiger partial charge in [0, 0.05) is 6.21 Å². The van der Waals surface area contributed by atoms with E-state index in [0.717, 1.165) is 27.9 Å². The van der Waals surface area contributed by atoms with E-state index in [-0.39, 0.29) is 24.3 Å². The van der Waals surface area contributed by atoms with Gasteiger partial charge in [0.1, 0.15) is 5.92 Å². The van der Waals surface area contributed by atoms with Crippen LogP contribution in [-0.4, -0.2) is 34.5 Å². The van der Waals surface area contributed by atoms with Gasteiger partial charge in [-0.05, 0) is 74.7 Å². The van der Waals surface area contributed by atoms with Crippen LogP contribution in [0.2, 0.25) is 0 Å². The summed E-state index contributed by atoms with van der Waals surface area (Å²) in [7, 11) is 0. The highest BCUT2D eigenvalue weighted by Crippen LogP contribution is 2.29. The number of amides is 3. The summed E-state index contributed by atoms with van der Waals surface area (Å²) in [5.74, 6) is -1.30. The normalized spacial score (nSPS) is 17.4. The van der Waals surface area contributed by atoms with Crippen LogP contribution < -0.4 is 5.01 Å². The third-order valence-corrected chi connectivity index (χ3v) is 6.68. The predicted molar refractivity (Wildman–Crippen MR) is 140 cm³/mol. The van der Waals surface area contributed by atoms with Crippen molar-refractivity contribution in [3.05, 3.63) is 94.0 Å². The highest BCUT2D eigenvalue weighted by molar-refractivity contribution is 6.24. The number of aliphatic imine (C=N–C) groups is 1. The summed E-state index contributed by atoms with van der Waals surface area (Å²) in [4.78, 5) is 44.6. The average Bonchev–Trinajstić information content (AvgIpc) is 3.27. The van der Waals surface area contributed by atoms with Gasteiger partial charge < -0.3 is 0 Å². The Balaban J connectivity index is 1.35. The first-order valence-corrected chi connectivity index (χ1v) is 11.8. The van der Waals surface area contributed by atoms with Crippen molar-refractivity contribution in [2.75, 3.05) is 5.01 Å². The molecule has 0 saturated heterocycles. The van der Waals surface area contributed by atoms with E-state index in [0.29, 0.717) is 22.5 Å². The number of hydrazone groups is 1. The molecule has 3 aromatic rings. The molecule has 2 aliphatic rings. The number of carbonyl (C=O) groups excluding carboxylic acids is 3. The highest BCUT2D eigenvalue weighted by atomic mass is 16.2. The standard InChI is InChI=1S/C29H26N4O3/c1-17-9-12-26(19(3)13-17)33-29(36)25(20(4)31-33)15-30-22-11-10-18(2)21(14-22)16-32-27(34)23-7-5-6-8-24(23)28(32)35/h5-15,25H,16H2,1-4H3. The van der Waals surface area contributed by atoms with E-state index in [9.17, 15) is 14.4 Å². The van der Waals surface area contributed by atoms with Gasteiger partial charge in [0.25, 0.3) is 17.7 Å². The lowest BCUT2D eigenvalue weighted by molar-refractivity contribution is -0.118. The fourth-order valence-corrected chi connectivity index (χ4v) is 4.59. The minimum absolute atomic E-state index is 0.151. The van der Waals surface area contributed by atoms with Gasteiger partial charge in [-0.2, -0.15) is 10.1 Å². The second kappa shape index (κ2) is 9.00. The fourth-order valence-electron chi connectivity index (χ4n) is 4.59.